The van der Waals surface area contributed by atoms with E-state index in [0.29, 0.717) is 0 Å². The van der Waals surface area contributed by atoms with Crippen molar-refractivity contribution in [2.45, 2.75) is 32.4 Å². The van der Waals surface area contributed by atoms with Gasteiger partial charge < -0.3 is 4.98 Å². The lowest BCUT2D eigenvalue weighted by Gasteiger charge is -2.31. The van der Waals surface area contributed by atoms with Crippen molar-refractivity contribution in [3.8, 4) is 0 Å². The van der Waals surface area contributed by atoms with Crippen LogP contribution in [0, 0.1) is 0 Å². The summed E-state index contributed by atoms with van der Waals surface area (Å²) in [5.41, 5.74) is 2.92. The van der Waals surface area contributed by atoms with Crippen molar-refractivity contribution >= 4 is 0 Å². The summed E-state index contributed by atoms with van der Waals surface area (Å²) in [6.07, 6.45) is 4.49. The first-order valence-corrected chi connectivity index (χ1v) is 4.66. The molecule has 0 radical (unpaired) electrons. The Morgan fingerprint density at radius 1 is 1.67 bits per heavy atom. The van der Waals surface area contributed by atoms with Crippen LogP contribution in [0.4, 0.5) is 0 Å². The highest BCUT2D eigenvalue weighted by atomic mass is 15.1. The predicted molar refractivity (Wildman–Crippen MR) is 50.0 cm³/mol. The maximum atomic E-state index is 3.32. The predicted octanol–water partition coefficient (Wildman–Crippen LogP) is 1.78. The number of nitrogens with zero attached hydrogens (tertiary/aromatic N) is 1. The Kier molecular flexibility index (Phi) is 1.93. The number of H-pyrrole nitrogens is 1. The van der Waals surface area contributed by atoms with Crippen LogP contribution in [-0.2, 0) is 13.0 Å². The van der Waals surface area contributed by atoms with Crippen molar-refractivity contribution in [2.24, 2.45) is 0 Å². The van der Waals surface area contributed by atoms with Crippen LogP contribution >= 0.6 is 0 Å². The van der Waals surface area contributed by atoms with Gasteiger partial charge in [-0.2, -0.15) is 0 Å². The second kappa shape index (κ2) is 2.94. The van der Waals surface area contributed by atoms with Crippen LogP contribution in [0.3, 0.4) is 0 Å². The van der Waals surface area contributed by atoms with Gasteiger partial charge in [0.25, 0.3) is 0 Å². The third kappa shape index (κ3) is 1.16. The minimum atomic E-state index is 0.733. The molecule has 1 aliphatic heterocycles. The Morgan fingerprint density at radius 2 is 2.50 bits per heavy atom. The van der Waals surface area contributed by atoms with E-state index in [4.69, 9.17) is 0 Å². The summed E-state index contributed by atoms with van der Waals surface area (Å²) in [5.74, 6) is 0. The molecular weight excluding hydrogens is 148 g/mol. The molecule has 0 saturated heterocycles. The second-order valence-corrected chi connectivity index (χ2v) is 3.66. The minimum Gasteiger partial charge on any atom is -0.365 e. The molecule has 0 fully saturated rings. The zero-order valence-electron chi connectivity index (χ0n) is 7.80. The largest absolute Gasteiger partial charge is 0.365 e. The third-order valence-corrected chi connectivity index (χ3v) is 2.88. The van der Waals surface area contributed by atoms with Crippen LogP contribution in [0.25, 0.3) is 0 Å². The Bertz CT molecular complexity index is 265. The monoisotopic (exact) mass is 164 g/mol. The van der Waals surface area contributed by atoms with Gasteiger partial charge in [0.2, 0.25) is 0 Å². The summed E-state index contributed by atoms with van der Waals surface area (Å²) in [4.78, 5) is 5.76. The molecule has 12 heavy (non-hydrogen) atoms. The average molecular weight is 164 g/mol. The second-order valence-electron chi connectivity index (χ2n) is 3.66. The van der Waals surface area contributed by atoms with Crippen LogP contribution in [0.2, 0.25) is 0 Å². The molecule has 0 amide bonds. The van der Waals surface area contributed by atoms with Gasteiger partial charge in [0.1, 0.15) is 0 Å². The van der Waals surface area contributed by atoms with Crippen molar-refractivity contribution in [1.29, 1.82) is 0 Å². The molecule has 2 heterocycles. The summed E-state index contributed by atoms with van der Waals surface area (Å²) in [6, 6.07) is 2.92. The van der Waals surface area contributed by atoms with E-state index >= 15 is 0 Å². The van der Waals surface area contributed by atoms with Crippen molar-refractivity contribution < 1.29 is 0 Å². The van der Waals surface area contributed by atoms with Crippen LogP contribution in [0.15, 0.2) is 12.3 Å². The van der Waals surface area contributed by atoms with E-state index in [1.165, 1.54) is 24.1 Å². The number of fused-ring (bicyclic) bond motifs is 1. The quantitative estimate of drug-likeness (QED) is 0.670. The van der Waals surface area contributed by atoms with Crippen molar-refractivity contribution in [3.05, 3.63) is 23.5 Å². The molecule has 1 N–H and O–H groups in total. The zero-order valence-corrected chi connectivity index (χ0v) is 7.80. The van der Waals surface area contributed by atoms with E-state index in [-0.39, 0.29) is 0 Å². The fourth-order valence-corrected chi connectivity index (χ4v) is 2.02. The number of aromatic amines is 1. The van der Waals surface area contributed by atoms with Gasteiger partial charge in [-0.15, -0.1) is 0 Å². The van der Waals surface area contributed by atoms with Gasteiger partial charge in [0.15, 0.2) is 0 Å². The number of nitrogens with one attached hydrogen (secondary N) is 1. The van der Waals surface area contributed by atoms with E-state index in [1.54, 1.807) is 0 Å². The molecule has 2 nitrogen and oxygen atoms in total. The third-order valence-electron chi connectivity index (χ3n) is 2.88. The van der Waals surface area contributed by atoms with E-state index in [0.717, 1.165) is 12.6 Å². The van der Waals surface area contributed by atoms with Crippen LogP contribution in [0.5, 0.6) is 0 Å². The summed E-state index contributed by atoms with van der Waals surface area (Å²) in [5, 5.41) is 0. The van der Waals surface area contributed by atoms with Gasteiger partial charge in [-0.3, -0.25) is 4.90 Å². The van der Waals surface area contributed by atoms with E-state index in [2.05, 4.69) is 36.1 Å². The molecule has 1 aliphatic rings. The smallest absolute Gasteiger partial charge is 0.0251 e. The lowest BCUT2D eigenvalue weighted by atomic mass is 9.99. The Morgan fingerprint density at radius 3 is 3.25 bits per heavy atom. The molecule has 0 aliphatic carbocycles. The van der Waals surface area contributed by atoms with Crippen LogP contribution in [0.1, 0.15) is 24.6 Å². The first-order valence-electron chi connectivity index (χ1n) is 4.66. The highest BCUT2D eigenvalue weighted by molar-refractivity contribution is 5.23. The molecule has 0 aromatic carbocycles. The first-order chi connectivity index (χ1) is 5.81. The summed E-state index contributed by atoms with van der Waals surface area (Å²) < 4.78 is 0. The molecule has 1 unspecified atom stereocenters. The standard InChI is InChI=1S/C10H16N2/c1-3-9-6-10-8(4-5-11-10)7-12(9)2/h4-5,9,11H,3,6-7H2,1-2H3. The number of aromatic nitrogens is 1. The number of hydrogen-bond acceptors (Lipinski definition) is 1. The van der Waals surface area contributed by atoms with Crippen LogP contribution in [-0.4, -0.2) is 23.0 Å². The summed E-state index contributed by atoms with van der Waals surface area (Å²) >= 11 is 0. The maximum Gasteiger partial charge on any atom is 0.0251 e. The number of hydrogen-bond donors (Lipinski definition) is 1. The summed E-state index contributed by atoms with van der Waals surface area (Å²) in [6.45, 7) is 3.37. The highest BCUT2D eigenvalue weighted by Crippen LogP contribution is 2.21. The maximum absolute atomic E-state index is 3.32. The van der Waals surface area contributed by atoms with Gasteiger partial charge in [-0.1, -0.05) is 6.92 Å². The van der Waals surface area contributed by atoms with Gasteiger partial charge in [0.05, 0.1) is 0 Å². The zero-order chi connectivity index (χ0) is 8.55. The lowest BCUT2D eigenvalue weighted by Crippen LogP contribution is -2.36. The molecule has 0 spiro atoms. The highest BCUT2D eigenvalue weighted by Gasteiger charge is 2.21. The molecule has 1 aromatic heterocycles. The SMILES string of the molecule is CCC1Cc2[nH]ccc2CN1C. The van der Waals surface area contributed by atoms with Crippen molar-refractivity contribution in [3.63, 3.8) is 0 Å². The number of rotatable bonds is 1. The Hall–Kier alpha value is -0.760. The molecule has 0 saturated carbocycles. The summed E-state index contributed by atoms with van der Waals surface area (Å²) in [7, 11) is 2.21. The van der Waals surface area contributed by atoms with Crippen molar-refractivity contribution in [1.82, 2.24) is 9.88 Å². The topological polar surface area (TPSA) is 19.0 Å². The molecule has 2 heteroatoms. The lowest BCUT2D eigenvalue weighted by molar-refractivity contribution is 0.209. The molecule has 0 bridgehead atoms. The Balaban J connectivity index is 2.23. The number of likely N-dealkylation sites (N-methyl/N-ethyl adjacent to an activating group) is 1. The molecule has 2 rings (SSSR count). The van der Waals surface area contributed by atoms with E-state index < -0.39 is 0 Å². The molecule has 66 valence electrons. The van der Waals surface area contributed by atoms with Crippen LogP contribution < -0.4 is 0 Å². The van der Waals surface area contributed by atoms with Crippen molar-refractivity contribution in [2.75, 3.05) is 7.05 Å². The average Bonchev–Trinajstić information content (AvgIpc) is 2.49. The molecular formula is C10H16N2. The Labute approximate surface area is 73.6 Å². The first kappa shape index (κ1) is 7.87. The van der Waals surface area contributed by atoms with E-state index in [1.807, 2.05) is 0 Å². The minimum absolute atomic E-state index is 0.733. The van der Waals surface area contributed by atoms with Gasteiger partial charge in [-0.05, 0) is 25.1 Å². The fourth-order valence-electron chi connectivity index (χ4n) is 2.02. The molecule has 1 atom stereocenters. The van der Waals surface area contributed by atoms with Gasteiger partial charge in [0, 0.05) is 30.9 Å². The molecule has 1 aromatic rings. The fraction of sp³-hybridized carbons (Fsp3) is 0.600. The normalized spacial score (nSPS) is 24.0. The van der Waals surface area contributed by atoms with Gasteiger partial charge in [-0.25, -0.2) is 0 Å². The van der Waals surface area contributed by atoms with E-state index in [9.17, 15) is 0 Å². The van der Waals surface area contributed by atoms with Gasteiger partial charge >= 0.3 is 0 Å².